The highest BCUT2D eigenvalue weighted by molar-refractivity contribution is 5.38. The van der Waals surface area contributed by atoms with E-state index in [4.69, 9.17) is 0 Å². The van der Waals surface area contributed by atoms with Gasteiger partial charge in [-0.3, -0.25) is 0 Å². The molecule has 0 aliphatic rings. The number of aromatic nitrogens is 3. The highest BCUT2D eigenvalue weighted by atomic mass is 16.1. The molecule has 70 valence electrons. The summed E-state index contributed by atoms with van der Waals surface area (Å²) in [5.41, 5.74) is 1.68. The van der Waals surface area contributed by atoms with Gasteiger partial charge in [-0.05, 0) is 6.07 Å². The van der Waals surface area contributed by atoms with Crippen LogP contribution < -0.4 is 0 Å². The van der Waals surface area contributed by atoms with Crippen LogP contribution in [0.4, 0.5) is 0 Å². The van der Waals surface area contributed by atoms with E-state index in [1.54, 1.807) is 10.7 Å². The van der Waals surface area contributed by atoms with Crippen molar-refractivity contribution in [3.63, 3.8) is 0 Å². The van der Waals surface area contributed by atoms with E-state index in [0.29, 0.717) is 13.0 Å². The third-order valence-electron chi connectivity index (χ3n) is 1.83. The predicted molar refractivity (Wildman–Crippen MR) is 49.7 cm³/mol. The molecule has 0 atom stereocenters. The topological polar surface area (TPSA) is 59.6 Å². The van der Waals surface area contributed by atoms with Crippen molar-refractivity contribution >= 4 is 11.7 Å². The molecule has 0 aliphatic carbocycles. The summed E-state index contributed by atoms with van der Waals surface area (Å²) in [4.78, 5) is 17.4. The van der Waals surface area contributed by atoms with Crippen molar-refractivity contribution in [2.24, 2.45) is 4.99 Å². The zero-order valence-corrected chi connectivity index (χ0v) is 7.42. The summed E-state index contributed by atoms with van der Waals surface area (Å²) in [6.07, 6.45) is 5.67. The van der Waals surface area contributed by atoms with Crippen LogP contribution in [-0.4, -0.2) is 27.2 Å². The second kappa shape index (κ2) is 3.81. The third-order valence-corrected chi connectivity index (χ3v) is 1.83. The third kappa shape index (κ3) is 1.67. The fourth-order valence-electron chi connectivity index (χ4n) is 1.22. The van der Waals surface area contributed by atoms with Crippen LogP contribution in [0.3, 0.4) is 0 Å². The average molecular weight is 188 g/mol. The lowest BCUT2D eigenvalue weighted by Crippen LogP contribution is -1.91. The molecule has 0 spiro atoms. The summed E-state index contributed by atoms with van der Waals surface area (Å²) in [6.45, 7) is 0.424. The zero-order valence-electron chi connectivity index (χ0n) is 7.42. The Morgan fingerprint density at radius 1 is 1.57 bits per heavy atom. The molecule has 0 unspecified atom stereocenters. The van der Waals surface area contributed by atoms with Gasteiger partial charge in [0.1, 0.15) is 0 Å². The van der Waals surface area contributed by atoms with E-state index in [1.165, 1.54) is 6.08 Å². The molecule has 0 saturated heterocycles. The molecule has 0 fully saturated rings. The molecular formula is C9H8N4O. The van der Waals surface area contributed by atoms with Crippen LogP contribution >= 0.6 is 0 Å². The quantitative estimate of drug-likeness (QED) is 0.523. The van der Waals surface area contributed by atoms with Gasteiger partial charge in [-0.15, -0.1) is 0 Å². The van der Waals surface area contributed by atoms with Crippen molar-refractivity contribution in [3.8, 4) is 0 Å². The van der Waals surface area contributed by atoms with Crippen LogP contribution in [0.1, 0.15) is 5.69 Å². The molecule has 0 aliphatic heterocycles. The van der Waals surface area contributed by atoms with E-state index in [-0.39, 0.29) is 0 Å². The fraction of sp³-hybridized carbons (Fsp3) is 0.222. The first-order valence-corrected chi connectivity index (χ1v) is 4.23. The van der Waals surface area contributed by atoms with E-state index in [9.17, 15) is 4.79 Å². The van der Waals surface area contributed by atoms with Crippen LogP contribution in [0, 0.1) is 0 Å². The number of isocyanates is 1. The highest BCUT2D eigenvalue weighted by Crippen LogP contribution is 2.03. The summed E-state index contributed by atoms with van der Waals surface area (Å²) in [6, 6.07) is 3.69. The Bertz CT molecular complexity index is 451. The number of hydrogen-bond acceptors (Lipinski definition) is 4. The molecule has 5 nitrogen and oxygen atoms in total. The Hall–Kier alpha value is -2.00. The van der Waals surface area contributed by atoms with Gasteiger partial charge in [0.15, 0.2) is 5.65 Å². The van der Waals surface area contributed by atoms with Crippen LogP contribution in [-0.2, 0) is 11.2 Å². The number of fused-ring (bicyclic) bond motifs is 1. The molecule has 14 heavy (non-hydrogen) atoms. The van der Waals surface area contributed by atoms with Gasteiger partial charge in [0.2, 0.25) is 6.08 Å². The molecule has 2 rings (SSSR count). The van der Waals surface area contributed by atoms with Crippen LogP contribution in [0.25, 0.3) is 5.65 Å². The molecule has 0 N–H and O–H groups in total. The summed E-state index contributed by atoms with van der Waals surface area (Å²) >= 11 is 0. The van der Waals surface area contributed by atoms with Crippen LogP contribution in [0.15, 0.2) is 29.5 Å². The minimum atomic E-state index is 0.424. The van der Waals surface area contributed by atoms with E-state index in [2.05, 4.69) is 15.1 Å². The molecule has 5 heteroatoms. The lowest BCUT2D eigenvalue weighted by atomic mass is 10.3. The molecule has 0 radical (unpaired) electrons. The molecule has 2 aromatic rings. The zero-order chi connectivity index (χ0) is 9.80. The minimum Gasteiger partial charge on any atom is -0.237 e. The van der Waals surface area contributed by atoms with E-state index in [1.807, 2.05) is 18.3 Å². The molecule has 0 aromatic carbocycles. The summed E-state index contributed by atoms with van der Waals surface area (Å²) in [7, 11) is 0. The second-order valence-corrected chi connectivity index (χ2v) is 2.78. The maximum absolute atomic E-state index is 9.84. The van der Waals surface area contributed by atoms with Crippen LogP contribution in [0.2, 0.25) is 0 Å². The summed E-state index contributed by atoms with van der Waals surface area (Å²) < 4.78 is 1.69. The maximum Gasteiger partial charge on any atom is 0.234 e. The van der Waals surface area contributed by atoms with E-state index < -0.39 is 0 Å². The molecule has 0 amide bonds. The monoisotopic (exact) mass is 188 g/mol. The van der Waals surface area contributed by atoms with Gasteiger partial charge < -0.3 is 0 Å². The van der Waals surface area contributed by atoms with Crippen molar-refractivity contribution in [2.45, 2.75) is 6.42 Å². The van der Waals surface area contributed by atoms with Gasteiger partial charge in [0, 0.05) is 24.9 Å². The van der Waals surface area contributed by atoms with Crippen molar-refractivity contribution in [1.29, 1.82) is 0 Å². The smallest absolute Gasteiger partial charge is 0.234 e. The standard InChI is InChI=1S/C9H8N4O/c14-7-10-4-2-8-6-9-11-3-1-5-13(9)12-8/h1,3,5-6H,2,4H2. The molecule has 0 bridgehead atoms. The summed E-state index contributed by atoms with van der Waals surface area (Å²) in [5.74, 6) is 0. The molecule has 0 saturated carbocycles. The first kappa shape index (κ1) is 8.59. The van der Waals surface area contributed by atoms with E-state index >= 15 is 0 Å². The Kier molecular flexibility index (Phi) is 2.34. The number of aliphatic imine (C=N–C) groups is 1. The Labute approximate surface area is 80.1 Å². The van der Waals surface area contributed by atoms with Crippen molar-refractivity contribution in [3.05, 3.63) is 30.2 Å². The maximum atomic E-state index is 9.84. The van der Waals surface area contributed by atoms with Crippen LogP contribution in [0.5, 0.6) is 0 Å². The Morgan fingerprint density at radius 2 is 2.50 bits per heavy atom. The first-order valence-electron chi connectivity index (χ1n) is 4.23. The number of rotatable bonds is 3. The largest absolute Gasteiger partial charge is 0.237 e. The normalized spacial score (nSPS) is 10.0. The predicted octanol–water partition coefficient (Wildman–Crippen LogP) is 0.608. The summed E-state index contributed by atoms with van der Waals surface area (Å²) in [5, 5.41) is 4.25. The van der Waals surface area contributed by atoms with Gasteiger partial charge in [-0.25, -0.2) is 19.3 Å². The van der Waals surface area contributed by atoms with Crippen molar-refractivity contribution in [2.75, 3.05) is 6.54 Å². The number of hydrogen-bond donors (Lipinski definition) is 0. The number of nitrogens with zero attached hydrogens (tertiary/aromatic N) is 4. The van der Waals surface area contributed by atoms with Gasteiger partial charge in [-0.2, -0.15) is 5.10 Å². The Morgan fingerprint density at radius 3 is 3.29 bits per heavy atom. The molecule has 2 heterocycles. The SMILES string of the molecule is O=C=NCCc1cc2ncccn2n1. The van der Waals surface area contributed by atoms with Gasteiger partial charge in [0.25, 0.3) is 0 Å². The van der Waals surface area contributed by atoms with Crippen molar-refractivity contribution in [1.82, 2.24) is 14.6 Å². The second-order valence-electron chi connectivity index (χ2n) is 2.78. The van der Waals surface area contributed by atoms with E-state index in [0.717, 1.165) is 11.3 Å². The minimum absolute atomic E-state index is 0.424. The average Bonchev–Trinajstić information content (AvgIpc) is 2.60. The fourth-order valence-corrected chi connectivity index (χ4v) is 1.22. The molecule has 2 aromatic heterocycles. The lowest BCUT2D eigenvalue weighted by molar-refractivity contribution is 0.563. The lowest BCUT2D eigenvalue weighted by Gasteiger charge is -1.87. The van der Waals surface area contributed by atoms with Crippen molar-refractivity contribution < 1.29 is 4.79 Å². The Balaban J connectivity index is 2.22. The molecular weight excluding hydrogens is 180 g/mol. The first-order chi connectivity index (χ1) is 6.90. The van der Waals surface area contributed by atoms with Gasteiger partial charge in [0.05, 0.1) is 12.2 Å². The van der Waals surface area contributed by atoms with Gasteiger partial charge in [-0.1, -0.05) is 0 Å². The highest BCUT2D eigenvalue weighted by Gasteiger charge is 2.00. The van der Waals surface area contributed by atoms with Gasteiger partial charge >= 0.3 is 0 Å². The number of carbonyl (C=O) groups excluding carboxylic acids is 1.